The molecule has 0 spiro atoms. The Balaban J connectivity index is 0.00000192. The molecule has 1 amide bonds. The highest BCUT2D eigenvalue weighted by molar-refractivity contribution is 5.95. The smallest absolute Gasteiger partial charge is 0.251 e. The quantitative estimate of drug-likeness (QED) is 0.882. The Hall–Kier alpha value is -2.20. The number of carbonyl (C=O) groups excluding carboxylic acids is 1. The van der Waals surface area contributed by atoms with Gasteiger partial charge in [0.15, 0.2) is 0 Å². The Labute approximate surface area is 142 Å². The van der Waals surface area contributed by atoms with Crippen molar-refractivity contribution in [1.82, 2.24) is 5.32 Å². The number of hydrogen-bond donors (Lipinski definition) is 2. The molecule has 1 heterocycles. The van der Waals surface area contributed by atoms with Gasteiger partial charge in [-0.1, -0.05) is 12.1 Å². The van der Waals surface area contributed by atoms with Gasteiger partial charge < -0.3 is 15.4 Å². The van der Waals surface area contributed by atoms with Crippen LogP contribution in [0.1, 0.15) is 28.4 Å². The van der Waals surface area contributed by atoms with Crippen LogP contribution in [0.2, 0.25) is 0 Å². The van der Waals surface area contributed by atoms with Crippen LogP contribution in [0, 0.1) is 0 Å². The molecule has 2 aromatic rings. The van der Waals surface area contributed by atoms with Gasteiger partial charge in [0.25, 0.3) is 5.91 Å². The zero-order chi connectivity index (χ0) is 15.4. The van der Waals surface area contributed by atoms with E-state index in [9.17, 15) is 4.79 Å². The van der Waals surface area contributed by atoms with Crippen molar-refractivity contribution in [2.24, 2.45) is 0 Å². The molecule has 1 aliphatic heterocycles. The number of ether oxygens (including phenoxy) is 1. The largest absolute Gasteiger partial charge is 0.494 e. The van der Waals surface area contributed by atoms with Crippen LogP contribution in [0.25, 0.3) is 0 Å². The second kappa shape index (κ2) is 7.88. The Bertz CT molecular complexity index is 688. The lowest BCUT2D eigenvalue weighted by Gasteiger charge is -2.09. The Morgan fingerprint density at radius 3 is 2.96 bits per heavy atom. The van der Waals surface area contributed by atoms with Gasteiger partial charge in [0.1, 0.15) is 5.75 Å². The van der Waals surface area contributed by atoms with E-state index in [1.54, 1.807) is 0 Å². The molecule has 122 valence electrons. The van der Waals surface area contributed by atoms with Crippen molar-refractivity contribution in [2.45, 2.75) is 19.9 Å². The molecule has 0 saturated carbocycles. The third-order valence-corrected chi connectivity index (χ3v) is 3.74. The molecule has 23 heavy (non-hydrogen) atoms. The summed E-state index contributed by atoms with van der Waals surface area (Å²) in [6.07, 6.45) is 0.979. The number of rotatable bonds is 5. The molecule has 0 aliphatic carbocycles. The van der Waals surface area contributed by atoms with Crippen LogP contribution in [-0.4, -0.2) is 19.1 Å². The number of hydrogen-bond acceptors (Lipinski definition) is 3. The molecule has 0 bridgehead atoms. The van der Waals surface area contributed by atoms with E-state index in [2.05, 4.69) is 10.6 Å². The molecule has 2 N–H and O–H groups in total. The lowest BCUT2D eigenvalue weighted by molar-refractivity contribution is 0.0951. The normalized spacial score (nSPS) is 11.9. The molecule has 5 heteroatoms. The number of carbonyl (C=O) groups is 1. The van der Waals surface area contributed by atoms with Crippen LogP contribution >= 0.6 is 12.4 Å². The SMILES string of the molecule is CCOc1cccc(CNC(=O)c2ccc3c(c2)CCN3)c1.Cl. The predicted molar refractivity (Wildman–Crippen MR) is 94.7 cm³/mol. The minimum atomic E-state index is -0.0449. The lowest BCUT2D eigenvalue weighted by Crippen LogP contribution is -2.22. The predicted octanol–water partition coefficient (Wildman–Crippen LogP) is 3.41. The van der Waals surface area contributed by atoms with Gasteiger partial charge in [0.2, 0.25) is 0 Å². The summed E-state index contributed by atoms with van der Waals surface area (Å²) in [5.41, 5.74) is 4.09. The van der Waals surface area contributed by atoms with Crippen molar-refractivity contribution in [1.29, 1.82) is 0 Å². The van der Waals surface area contributed by atoms with Crippen LogP contribution in [0.15, 0.2) is 42.5 Å². The zero-order valence-electron chi connectivity index (χ0n) is 13.1. The highest BCUT2D eigenvalue weighted by atomic mass is 35.5. The number of fused-ring (bicyclic) bond motifs is 1. The molecular weight excluding hydrogens is 312 g/mol. The fraction of sp³-hybridized carbons (Fsp3) is 0.278. The third kappa shape index (κ3) is 4.17. The Kier molecular flexibility index (Phi) is 5.88. The maximum absolute atomic E-state index is 12.3. The fourth-order valence-corrected chi connectivity index (χ4v) is 2.64. The van der Waals surface area contributed by atoms with Gasteiger partial charge in [-0.15, -0.1) is 12.4 Å². The summed E-state index contributed by atoms with van der Waals surface area (Å²) in [6, 6.07) is 13.6. The first-order valence-corrected chi connectivity index (χ1v) is 7.63. The highest BCUT2D eigenvalue weighted by Gasteiger charge is 2.13. The van der Waals surface area contributed by atoms with Crippen molar-refractivity contribution >= 4 is 24.0 Å². The molecule has 4 nitrogen and oxygen atoms in total. The summed E-state index contributed by atoms with van der Waals surface area (Å²) in [5, 5.41) is 6.26. The molecule has 0 unspecified atom stereocenters. The maximum Gasteiger partial charge on any atom is 0.251 e. The summed E-state index contributed by atoms with van der Waals surface area (Å²) < 4.78 is 5.47. The van der Waals surface area contributed by atoms with Crippen LogP contribution in [0.5, 0.6) is 5.75 Å². The van der Waals surface area contributed by atoms with E-state index in [1.807, 2.05) is 49.4 Å². The average Bonchev–Trinajstić information content (AvgIpc) is 3.01. The Morgan fingerprint density at radius 1 is 1.26 bits per heavy atom. The number of amides is 1. The van der Waals surface area contributed by atoms with E-state index in [0.29, 0.717) is 18.7 Å². The summed E-state index contributed by atoms with van der Waals surface area (Å²) in [4.78, 5) is 12.3. The third-order valence-electron chi connectivity index (χ3n) is 3.74. The minimum Gasteiger partial charge on any atom is -0.494 e. The van der Waals surface area contributed by atoms with Crippen molar-refractivity contribution in [3.05, 3.63) is 59.2 Å². The van der Waals surface area contributed by atoms with E-state index in [-0.39, 0.29) is 18.3 Å². The zero-order valence-corrected chi connectivity index (χ0v) is 13.9. The van der Waals surface area contributed by atoms with E-state index < -0.39 is 0 Å². The number of nitrogens with one attached hydrogen (secondary N) is 2. The van der Waals surface area contributed by atoms with Gasteiger partial charge in [-0.2, -0.15) is 0 Å². The Morgan fingerprint density at radius 2 is 2.13 bits per heavy atom. The minimum absolute atomic E-state index is 0. The highest BCUT2D eigenvalue weighted by Crippen LogP contribution is 2.23. The first-order valence-electron chi connectivity index (χ1n) is 7.63. The topological polar surface area (TPSA) is 50.4 Å². The van der Waals surface area contributed by atoms with Gasteiger partial charge in [0, 0.05) is 24.3 Å². The van der Waals surface area contributed by atoms with E-state index in [4.69, 9.17) is 4.74 Å². The van der Waals surface area contributed by atoms with E-state index in [1.165, 1.54) is 5.56 Å². The summed E-state index contributed by atoms with van der Waals surface area (Å²) in [7, 11) is 0. The van der Waals surface area contributed by atoms with Gasteiger partial charge in [-0.05, 0) is 54.8 Å². The van der Waals surface area contributed by atoms with Crippen LogP contribution in [0.3, 0.4) is 0 Å². The fourth-order valence-electron chi connectivity index (χ4n) is 2.64. The molecule has 0 fully saturated rings. The van der Waals surface area contributed by atoms with Gasteiger partial charge in [-0.3, -0.25) is 4.79 Å². The molecule has 3 rings (SSSR count). The summed E-state index contributed by atoms with van der Waals surface area (Å²) >= 11 is 0. The maximum atomic E-state index is 12.3. The molecule has 0 radical (unpaired) electrons. The number of benzene rings is 2. The van der Waals surface area contributed by atoms with Crippen molar-refractivity contribution in [3.63, 3.8) is 0 Å². The molecule has 1 aliphatic rings. The van der Waals surface area contributed by atoms with Crippen molar-refractivity contribution in [3.8, 4) is 5.75 Å². The molecule has 2 aromatic carbocycles. The second-order valence-electron chi connectivity index (χ2n) is 5.31. The first kappa shape index (κ1) is 17.2. The molecule has 0 atom stereocenters. The van der Waals surface area contributed by atoms with Gasteiger partial charge >= 0.3 is 0 Å². The lowest BCUT2D eigenvalue weighted by atomic mass is 10.1. The summed E-state index contributed by atoms with van der Waals surface area (Å²) in [5.74, 6) is 0.786. The van der Waals surface area contributed by atoms with Crippen molar-refractivity contribution in [2.75, 3.05) is 18.5 Å². The van der Waals surface area contributed by atoms with Crippen LogP contribution in [0.4, 0.5) is 5.69 Å². The van der Waals surface area contributed by atoms with Crippen molar-refractivity contribution < 1.29 is 9.53 Å². The second-order valence-corrected chi connectivity index (χ2v) is 5.31. The van der Waals surface area contributed by atoms with Gasteiger partial charge in [-0.25, -0.2) is 0 Å². The van der Waals surface area contributed by atoms with E-state index >= 15 is 0 Å². The van der Waals surface area contributed by atoms with Gasteiger partial charge in [0.05, 0.1) is 6.61 Å². The molecular formula is C18H21ClN2O2. The monoisotopic (exact) mass is 332 g/mol. The average molecular weight is 333 g/mol. The molecule has 0 aromatic heterocycles. The van der Waals surface area contributed by atoms with Crippen LogP contribution < -0.4 is 15.4 Å². The van der Waals surface area contributed by atoms with E-state index in [0.717, 1.165) is 30.0 Å². The number of anilines is 1. The first-order chi connectivity index (χ1) is 10.8. The standard InChI is InChI=1S/C18H20N2O2.ClH/c1-2-22-16-5-3-4-13(10-16)12-20-18(21)15-6-7-17-14(11-15)8-9-19-17;/h3-7,10-11,19H,2,8-9,12H2,1H3,(H,20,21);1H. The molecule has 0 saturated heterocycles. The van der Waals surface area contributed by atoms with Crippen LogP contribution in [-0.2, 0) is 13.0 Å². The number of halogens is 1. The summed E-state index contributed by atoms with van der Waals surface area (Å²) in [6.45, 7) is 4.04.